The molecule has 0 amide bonds. The zero-order valence-corrected chi connectivity index (χ0v) is 15.8. The summed E-state index contributed by atoms with van der Waals surface area (Å²) in [5, 5.41) is 9.22. The van der Waals surface area contributed by atoms with Gasteiger partial charge in [-0.15, -0.1) is 0 Å². The summed E-state index contributed by atoms with van der Waals surface area (Å²) in [5.41, 5.74) is 2.56. The van der Waals surface area contributed by atoms with E-state index in [0.717, 1.165) is 56.9 Å². The molecule has 0 aromatic carbocycles. The molecule has 0 aliphatic heterocycles. The van der Waals surface area contributed by atoms with Gasteiger partial charge in [-0.3, -0.25) is 9.59 Å². The highest BCUT2D eigenvalue weighted by Crippen LogP contribution is 2.65. The normalized spacial score (nSPS) is 43.7. The van der Waals surface area contributed by atoms with Crippen LogP contribution in [0.25, 0.3) is 0 Å². The van der Waals surface area contributed by atoms with Crippen molar-refractivity contribution in [1.82, 2.24) is 0 Å². The van der Waals surface area contributed by atoms with Crippen LogP contribution in [0.1, 0.15) is 78.1 Å². The molecule has 0 aromatic rings. The lowest BCUT2D eigenvalue weighted by Crippen LogP contribution is -2.51. The minimum atomic E-state index is -0.0665. The largest absolute Gasteiger partial charge is 0.396 e. The van der Waals surface area contributed by atoms with Gasteiger partial charge in [0.25, 0.3) is 0 Å². The first-order chi connectivity index (χ1) is 11.9. The van der Waals surface area contributed by atoms with Crippen LogP contribution in [0.5, 0.6) is 0 Å². The molecule has 4 aliphatic rings. The van der Waals surface area contributed by atoms with Crippen molar-refractivity contribution in [3.63, 3.8) is 0 Å². The Balaban J connectivity index is 1.69. The summed E-state index contributed by atoms with van der Waals surface area (Å²) in [5.74, 6) is 2.69. The third-order valence-electron chi connectivity index (χ3n) is 8.54. The van der Waals surface area contributed by atoms with E-state index in [0.29, 0.717) is 42.2 Å². The minimum absolute atomic E-state index is 0.0665. The maximum Gasteiger partial charge on any atom is 0.158 e. The summed E-state index contributed by atoms with van der Waals surface area (Å²) in [6, 6.07) is 0. The summed E-state index contributed by atoms with van der Waals surface area (Å²) < 4.78 is 0. The topological polar surface area (TPSA) is 54.4 Å². The van der Waals surface area contributed by atoms with Crippen LogP contribution in [0.3, 0.4) is 0 Å². The molecule has 0 radical (unpaired) electrons. The quantitative estimate of drug-likeness (QED) is 0.833. The van der Waals surface area contributed by atoms with Gasteiger partial charge >= 0.3 is 0 Å². The van der Waals surface area contributed by atoms with Gasteiger partial charge in [-0.05, 0) is 80.1 Å². The fourth-order valence-electron chi connectivity index (χ4n) is 7.14. The third-order valence-corrected chi connectivity index (χ3v) is 8.54. The standard InChI is InChI=1S/C22H32O3/c1-21-12-10-19(24)15(4-3-13-23)17(21)6-5-14-16-7-8-20(25)22(16,2)11-9-18(14)21/h14,16,18,23H,3-13H2,1-2H3/t14-,16-,18+,21-,22-/m0/s1. The summed E-state index contributed by atoms with van der Waals surface area (Å²) >= 11 is 0. The number of Topliss-reactive ketones (excluding diaryl/α,β-unsaturated/α-hetero) is 2. The lowest BCUT2D eigenvalue weighted by Gasteiger charge is -2.57. The van der Waals surface area contributed by atoms with Crippen LogP contribution in [0, 0.1) is 28.6 Å². The van der Waals surface area contributed by atoms with Crippen LogP contribution in [-0.4, -0.2) is 23.3 Å². The minimum Gasteiger partial charge on any atom is -0.396 e. The molecule has 138 valence electrons. The van der Waals surface area contributed by atoms with E-state index in [-0.39, 0.29) is 17.4 Å². The Morgan fingerprint density at radius 2 is 1.72 bits per heavy atom. The average Bonchev–Trinajstić information content (AvgIpc) is 2.90. The SMILES string of the molecule is C[C@]12CCC(=O)C(CCCO)=C1CC[C@@H]1[C@H]2CC[C@]2(C)C(=O)CC[C@@H]12. The van der Waals surface area contributed by atoms with Crippen LogP contribution >= 0.6 is 0 Å². The number of aliphatic hydroxyl groups is 1. The number of carbonyl (C=O) groups excluding carboxylic acids is 2. The Bertz CT molecular complexity index is 633. The van der Waals surface area contributed by atoms with Crippen molar-refractivity contribution in [2.75, 3.05) is 6.61 Å². The van der Waals surface area contributed by atoms with Gasteiger partial charge in [0.05, 0.1) is 0 Å². The van der Waals surface area contributed by atoms with E-state index < -0.39 is 0 Å². The number of hydrogen-bond acceptors (Lipinski definition) is 3. The van der Waals surface area contributed by atoms with Crippen LogP contribution in [0.2, 0.25) is 0 Å². The summed E-state index contributed by atoms with van der Waals surface area (Å²) in [6.07, 6.45) is 9.34. The monoisotopic (exact) mass is 344 g/mol. The Kier molecular flexibility index (Phi) is 4.22. The molecule has 5 atom stereocenters. The van der Waals surface area contributed by atoms with E-state index in [9.17, 15) is 14.7 Å². The molecule has 0 spiro atoms. The number of fused-ring (bicyclic) bond motifs is 5. The Morgan fingerprint density at radius 1 is 0.960 bits per heavy atom. The first-order valence-corrected chi connectivity index (χ1v) is 10.3. The third kappa shape index (κ3) is 2.41. The first-order valence-electron chi connectivity index (χ1n) is 10.3. The molecule has 3 saturated carbocycles. The summed E-state index contributed by atoms with van der Waals surface area (Å²) in [4.78, 5) is 25.1. The van der Waals surface area contributed by atoms with Gasteiger partial charge < -0.3 is 5.11 Å². The van der Waals surface area contributed by atoms with Gasteiger partial charge in [0.2, 0.25) is 0 Å². The first kappa shape index (κ1) is 17.5. The Hall–Kier alpha value is -0.960. The summed E-state index contributed by atoms with van der Waals surface area (Å²) in [7, 11) is 0. The number of aliphatic hydroxyl groups excluding tert-OH is 1. The molecule has 4 rings (SSSR count). The van der Waals surface area contributed by atoms with Crippen LogP contribution in [-0.2, 0) is 9.59 Å². The van der Waals surface area contributed by atoms with Crippen LogP contribution in [0.15, 0.2) is 11.1 Å². The number of rotatable bonds is 3. The predicted octanol–water partition coefficient (Wildman–Crippen LogP) is 4.23. The highest BCUT2D eigenvalue weighted by atomic mass is 16.3. The second kappa shape index (κ2) is 6.04. The second-order valence-corrected chi connectivity index (χ2v) is 9.46. The van der Waals surface area contributed by atoms with E-state index in [1.165, 1.54) is 5.57 Å². The second-order valence-electron chi connectivity index (χ2n) is 9.46. The van der Waals surface area contributed by atoms with Gasteiger partial charge in [0.1, 0.15) is 5.78 Å². The van der Waals surface area contributed by atoms with Gasteiger partial charge in [-0.1, -0.05) is 19.4 Å². The highest BCUT2D eigenvalue weighted by Gasteiger charge is 2.59. The zero-order valence-electron chi connectivity index (χ0n) is 15.8. The zero-order chi connectivity index (χ0) is 17.8. The molecule has 1 N–H and O–H groups in total. The molecule has 0 saturated heterocycles. The molecule has 0 heterocycles. The van der Waals surface area contributed by atoms with Gasteiger partial charge in [-0.2, -0.15) is 0 Å². The van der Waals surface area contributed by atoms with Crippen molar-refractivity contribution in [3.05, 3.63) is 11.1 Å². The maximum absolute atomic E-state index is 12.5. The maximum atomic E-state index is 12.5. The Morgan fingerprint density at radius 3 is 2.48 bits per heavy atom. The average molecular weight is 344 g/mol. The molecule has 25 heavy (non-hydrogen) atoms. The number of carbonyl (C=O) groups is 2. The van der Waals surface area contributed by atoms with Crippen molar-refractivity contribution in [2.24, 2.45) is 28.6 Å². The predicted molar refractivity (Wildman–Crippen MR) is 97.0 cm³/mol. The van der Waals surface area contributed by atoms with E-state index in [4.69, 9.17) is 0 Å². The molecule has 0 bridgehead atoms. The Labute approximate surface area is 151 Å². The van der Waals surface area contributed by atoms with E-state index in [1.54, 1.807) is 0 Å². The van der Waals surface area contributed by atoms with Crippen molar-refractivity contribution in [2.45, 2.75) is 78.1 Å². The number of hydrogen-bond donors (Lipinski definition) is 1. The fraction of sp³-hybridized carbons (Fsp3) is 0.818. The van der Waals surface area contributed by atoms with Gasteiger partial charge in [0, 0.05) is 24.9 Å². The summed E-state index contributed by atoms with van der Waals surface area (Å²) in [6.45, 7) is 4.80. The molecule has 3 fully saturated rings. The van der Waals surface area contributed by atoms with Gasteiger partial charge in [-0.25, -0.2) is 0 Å². The van der Waals surface area contributed by atoms with E-state index >= 15 is 0 Å². The number of allylic oxidation sites excluding steroid dienone is 1. The molecule has 4 aliphatic carbocycles. The van der Waals surface area contributed by atoms with E-state index in [2.05, 4.69) is 13.8 Å². The molecule has 0 aromatic heterocycles. The lowest BCUT2D eigenvalue weighted by molar-refractivity contribution is -0.132. The van der Waals surface area contributed by atoms with Crippen molar-refractivity contribution >= 4 is 11.6 Å². The molecule has 3 nitrogen and oxygen atoms in total. The fourth-order valence-corrected chi connectivity index (χ4v) is 7.14. The lowest BCUT2D eigenvalue weighted by atomic mass is 9.47. The molecule has 0 unspecified atom stereocenters. The molecular formula is C22H32O3. The van der Waals surface area contributed by atoms with Crippen LogP contribution < -0.4 is 0 Å². The molecule has 3 heteroatoms. The molecular weight excluding hydrogens is 312 g/mol. The van der Waals surface area contributed by atoms with E-state index in [1.807, 2.05) is 0 Å². The number of ketones is 2. The van der Waals surface area contributed by atoms with Crippen molar-refractivity contribution in [3.8, 4) is 0 Å². The van der Waals surface area contributed by atoms with Gasteiger partial charge in [0.15, 0.2) is 5.78 Å². The smallest absolute Gasteiger partial charge is 0.158 e. The highest BCUT2D eigenvalue weighted by molar-refractivity contribution is 5.97. The van der Waals surface area contributed by atoms with Crippen molar-refractivity contribution < 1.29 is 14.7 Å². The van der Waals surface area contributed by atoms with Crippen molar-refractivity contribution in [1.29, 1.82) is 0 Å². The van der Waals surface area contributed by atoms with Crippen LogP contribution in [0.4, 0.5) is 0 Å².